The topological polar surface area (TPSA) is 96.2 Å². The maximum atomic E-state index is 11.3. The molecular formula is C10H18O6. The van der Waals surface area contributed by atoms with Crippen molar-refractivity contribution < 1.29 is 29.6 Å². The van der Waals surface area contributed by atoms with Crippen molar-refractivity contribution in [3.8, 4) is 0 Å². The van der Waals surface area contributed by atoms with Crippen LogP contribution in [0.3, 0.4) is 0 Å². The summed E-state index contributed by atoms with van der Waals surface area (Å²) in [5.41, 5.74) is 0. The molecule has 0 bridgehead atoms. The first-order valence-electron chi connectivity index (χ1n) is 5.17. The fraction of sp³-hybridized carbons (Fsp3) is 0.900. The van der Waals surface area contributed by atoms with Crippen molar-refractivity contribution in [3.05, 3.63) is 0 Å². The Kier molecular flexibility index (Phi) is 4.26. The van der Waals surface area contributed by atoms with Gasteiger partial charge in [0.25, 0.3) is 0 Å². The van der Waals surface area contributed by atoms with Crippen LogP contribution in [0.5, 0.6) is 0 Å². The van der Waals surface area contributed by atoms with Crippen LogP contribution in [0.1, 0.15) is 13.8 Å². The Morgan fingerprint density at radius 1 is 1.19 bits per heavy atom. The third kappa shape index (κ3) is 2.35. The standard InChI is InChI=1S/C10H18O6/c1-4(2)8-6(12)5(11)7(13)9(16-8)10(14)15-3/h4-9,11-13H,1-3H3. The van der Waals surface area contributed by atoms with E-state index in [4.69, 9.17) is 4.74 Å². The summed E-state index contributed by atoms with van der Waals surface area (Å²) in [5, 5.41) is 28.8. The van der Waals surface area contributed by atoms with Crippen LogP contribution in [0.15, 0.2) is 0 Å². The van der Waals surface area contributed by atoms with Gasteiger partial charge in [0.05, 0.1) is 13.2 Å². The average Bonchev–Trinajstić information content (AvgIpc) is 2.25. The highest BCUT2D eigenvalue weighted by Crippen LogP contribution is 2.26. The zero-order valence-electron chi connectivity index (χ0n) is 9.53. The summed E-state index contributed by atoms with van der Waals surface area (Å²) < 4.78 is 9.72. The zero-order chi connectivity index (χ0) is 12.5. The third-order valence-corrected chi connectivity index (χ3v) is 2.74. The van der Waals surface area contributed by atoms with E-state index in [1.165, 1.54) is 7.11 Å². The molecule has 0 amide bonds. The molecule has 5 atom stereocenters. The Morgan fingerprint density at radius 3 is 2.19 bits per heavy atom. The molecule has 1 aliphatic heterocycles. The molecule has 0 aliphatic carbocycles. The number of hydrogen-bond donors (Lipinski definition) is 3. The number of methoxy groups -OCH3 is 1. The Labute approximate surface area is 93.8 Å². The fourth-order valence-corrected chi connectivity index (χ4v) is 1.77. The molecular weight excluding hydrogens is 216 g/mol. The molecule has 0 radical (unpaired) electrons. The SMILES string of the molecule is COC(=O)C1OC(C(C)C)C(O)C(O)C1O. The van der Waals surface area contributed by atoms with Gasteiger partial charge in [-0.3, -0.25) is 0 Å². The van der Waals surface area contributed by atoms with Crippen molar-refractivity contribution in [3.63, 3.8) is 0 Å². The Morgan fingerprint density at radius 2 is 1.75 bits per heavy atom. The normalized spacial score (nSPS) is 39.8. The number of carbonyl (C=O) groups excluding carboxylic acids is 1. The molecule has 6 nitrogen and oxygen atoms in total. The summed E-state index contributed by atoms with van der Waals surface area (Å²) in [7, 11) is 1.17. The molecule has 1 aliphatic rings. The Hall–Kier alpha value is -0.690. The van der Waals surface area contributed by atoms with Crippen LogP contribution < -0.4 is 0 Å². The Bertz CT molecular complexity index is 254. The van der Waals surface area contributed by atoms with Gasteiger partial charge < -0.3 is 24.8 Å². The fourth-order valence-electron chi connectivity index (χ4n) is 1.77. The van der Waals surface area contributed by atoms with Crippen LogP contribution in [0, 0.1) is 5.92 Å². The van der Waals surface area contributed by atoms with Crippen LogP contribution in [0.25, 0.3) is 0 Å². The van der Waals surface area contributed by atoms with Crippen LogP contribution in [0.2, 0.25) is 0 Å². The number of carbonyl (C=O) groups is 1. The maximum Gasteiger partial charge on any atom is 0.337 e. The van der Waals surface area contributed by atoms with E-state index < -0.39 is 36.5 Å². The van der Waals surface area contributed by atoms with E-state index in [1.54, 1.807) is 13.8 Å². The maximum absolute atomic E-state index is 11.3. The van der Waals surface area contributed by atoms with Crippen molar-refractivity contribution in [1.82, 2.24) is 0 Å². The van der Waals surface area contributed by atoms with Crippen LogP contribution in [-0.4, -0.2) is 58.9 Å². The smallest absolute Gasteiger partial charge is 0.337 e. The molecule has 0 spiro atoms. The molecule has 94 valence electrons. The molecule has 1 rings (SSSR count). The third-order valence-electron chi connectivity index (χ3n) is 2.74. The number of aliphatic hydroxyl groups is 3. The first-order valence-corrected chi connectivity index (χ1v) is 5.17. The molecule has 1 heterocycles. The van der Waals surface area contributed by atoms with Crippen molar-refractivity contribution in [2.24, 2.45) is 5.92 Å². The number of rotatable bonds is 2. The first-order chi connectivity index (χ1) is 7.40. The van der Waals surface area contributed by atoms with Gasteiger partial charge in [-0.25, -0.2) is 4.79 Å². The monoisotopic (exact) mass is 234 g/mol. The van der Waals surface area contributed by atoms with Gasteiger partial charge >= 0.3 is 5.97 Å². The number of hydrogen-bond acceptors (Lipinski definition) is 6. The molecule has 0 aromatic rings. The second-order valence-electron chi connectivity index (χ2n) is 4.26. The molecule has 3 N–H and O–H groups in total. The summed E-state index contributed by atoms with van der Waals surface area (Å²) >= 11 is 0. The lowest BCUT2D eigenvalue weighted by Gasteiger charge is -2.40. The molecule has 5 unspecified atom stereocenters. The van der Waals surface area contributed by atoms with E-state index in [9.17, 15) is 20.1 Å². The predicted molar refractivity (Wildman–Crippen MR) is 53.5 cm³/mol. The zero-order valence-corrected chi connectivity index (χ0v) is 9.53. The predicted octanol–water partition coefficient (Wildman–Crippen LogP) is -1.33. The number of aliphatic hydroxyl groups excluding tert-OH is 3. The van der Waals surface area contributed by atoms with Gasteiger partial charge in [-0.2, -0.15) is 0 Å². The van der Waals surface area contributed by atoms with Gasteiger partial charge in [0, 0.05) is 0 Å². The quantitative estimate of drug-likeness (QED) is 0.512. The van der Waals surface area contributed by atoms with E-state index >= 15 is 0 Å². The molecule has 0 saturated carbocycles. The van der Waals surface area contributed by atoms with Crippen LogP contribution in [0.4, 0.5) is 0 Å². The van der Waals surface area contributed by atoms with Gasteiger partial charge in [-0.1, -0.05) is 13.8 Å². The summed E-state index contributed by atoms with van der Waals surface area (Å²) in [4.78, 5) is 11.3. The minimum absolute atomic E-state index is 0.0932. The van der Waals surface area contributed by atoms with E-state index in [2.05, 4.69) is 4.74 Å². The molecule has 1 fully saturated rings. The molecule has 1 saturated heterocycles. The second-order valence-corrected chi connectivity index (χ2v) is 4.26. The van der Waals surface area contributed by atoms with Crippen LogP contribution >= 0.6 is 0 Å². The highest BCUT2D eigenvalue weighted by molar-refractivity contribution is 5.75. The summed E-state index contributed by atoms with van der Waals surface area (Å²) in [6.07, 6.45) is -6.06. The van der Waals surface area contributed by atoms with E-state index in [0.717, 1.165) is 0 Å². The summed E-state index contributed by atoms with van der Waals surface area (Å²) in [6, 6.07) is 0. The molecule has 6 heteroatoms. The van der Waals surface area contributed by atoms with E-state index in [-0.39, 0.29) is 5.92 Å². The van der Waals surface area contributed by atoms with Crippen molar-refractivity contribution in [2.45, 2.75) is 44.4 Å². The van der Waals surface area contributed by atoms with E-state index in [1.807, 2.05) is 0 Å². The lowest BCUT2D eigenvalue weighted by molar-refractivity contribution is -0.236. The molecule has 16 heavy (non-hydrogen) atoms. The minimum atomic E-state index is -1.47. The van der Waals surface area contributed by atoms with E-state index in [0.29, 0.717) is 0 Å². The summed E-state index contributed by atoms with van der Waals surface area (Å²) in [5.74, 6) is -0.853. The first kappa shape index (κ1) is 13.4. The summed E-state index contributed by atoms with van der Waals surface area (Å²) in [6.45, 7) is 3.57. The van der Waals surface area contributed by atoms with Gasteiger partial charge in [-0.15, -0.1) is 0 Å². The largest absolute Gasteiger partial charge is 0.467 e. The minimum Gasteiger partial charge on any atom is -0.467 e. The highest BCUT2D eigenvalue weighted by Gasteiger charge is 2.47. The Balaban J connectivity index is 2.85. The van der Waals surface area contributed by atoms with Gasteiger partial charge in [0.1, 0.15) is 18.3 Å². The van der Waals surface area contributed by atoms with Crippen molar-refractivity contribution >= 4 is 5.97 Å². The lowest BCUT2D eigenvalue weighted by atomic mass is 9.89. The average molecular weight is 234 g/mol. The van der Waals surface area contributed by atoms with Crippen LogP contribution in [-0.2, 0) is 14.3 Å². The molecule has 0 aromatic heterocycles. The van der Waals surface area contributed by atoms with Gasteiger partial charge in [-0.05, 0) is 5.92 Å². The second kappa shape index (κ2) is 5.09. The van der Waals surface area contributed by atoms with Gasteiger partial charge in [0.15, 0.2) is 6.10 Å². The number of ether oxygens (including phenoxy) is 2. The number of esters is 1. The van der Waals surface area contributed by atoms with Crippen molar-refractivity contribution in [2.75, 3.05) is 7.11 Å². The van der Waals surface area contributed by atoms with Crippen molar-refractivity contribution in [1.29, 1.82) is 0 Å². The van der Waals surface area contributed by atoms with Gasteiger partial charge in [0.2, 0.25) is 0 Å². The molecule has 0 aromatic carbocycles. The lowest BCUT2D eigenvalue weighted by Crippen LogP contribution is -2.61. The highest BCUT2D eigenvalue weighted by atomic mass is 16.6.